The Bertz CT molecular complexity index is 526. The fourth-order valence-electron chi connectivity index (χ4n) is 1.79. The van der Waals surface area contributed by atoms with Crippen LogP contribution >= 0.6 is 0 Å². The second-order valence-corrected chi connectivity index (χ2v) is 5.61. The van der Waals surface area contributed by atoms with Crippen LogP contribution in [0, 0.1) is 0 Å². The van der Waals surface area contributed by atoms with Gasteiger partial charge in [-0.25, -0.2) is 8.78 Å². The van der Waals surface area contributed by atoms with E-state index in [0.717, 1.165) is 12.3 Å². The van der Waals surface area contributed by atoms with E-state index in [1.54, 1.807) is 0 Å². The predicted octanol–water partition coefficient (Wildman–Crippen LogP) is 1.61. The lowest BCUT2D eigenvalue weighted by Gasteiger charge is -2.32. The van der Waals surface area contributed by atoms with E-state index >= 15 is 0 Å². The van der Waals surface area contributed by atoms with Crippen molar-refractivity contribution >= 4 is 12.6 Å². The Balaban J connectivity index is 2.39. The van der Waals surface area contributed by atoms with Crippen LogP contribution in [0.15, 0.2) is 17.1 Å². The molecule has 1 aliphatic rings. The number of nitrogens with one attached hydrogen (secondary N) is 1. The van der Waals surface area contributed by atoms with Gasteiger partial charge in [0.05, 0.1) is 11.2 Å². The van der Waals surface area contributed by atoms with Crippen molar-refractivity contribution in [2.45, 2.75) is 45.3 Å². The van der Waals surface area contributed by atoms with Gasteiger partial charge in [-0.2, -0.15) is 0 Å². The average molecular weight is 271 g/mol. The van der Waals surface area contributed by atoms with Crippen LogP contribution in [0.5, 0.6) is 0 Å². The Labute approximate surface area is 110 Å². The van der Waals surface area contributed by atoms with E-state index in [1.165, 1.54) is 0 Å². The average Bonchev–Trinajstić information content (AvgIpc) is 2.48. The molecular formula is C12H16BF2NO3. The molecule has 0 aliphatic carbocycles. The van der Waals surface area contributed by atoms with Gasteiger partial charge in [0.25, 0.3) is 6.43 Å². The van der Waals surface area contributed by atoms with E-state index in [2.05, 4.69) is 4.98 Å². The topological polar surface area (TPSA) is 51.3 Å². The molecule has 19 heavy (non-hydrogen) atoms. The van der Waals surface area contributed by atoms with Crippen LogP contribution < -0.4 is 11.0 Å². The maximum Gasteiger partial charge on any atom is 0.500 e. The number of aromatic nitrogens is 1. The molecule has 0 bridgehead atoms. The SMILES string of the molecule is CC1(C)OB(c2cc(C(F)F)c[nH]c2=O)OC1(C)C. The zero-order chi connectivity index (χ0) is 14.4. The van der Waals surface area contributed by atoms with Crippen molar-refractivity contribution in [1.82, 2.24) is 4.98 Å². The second-order valence-electron chi connectivity index (χ2n) is 5.61. The minimum absolute atomic E-state index is 0.0662. The molecule has 0 spiro atoms. The van der Waals surface area contributed by atoms with Crippen molar-refractivity contribution in [3.63, 3.8) is 0 Å². The second kappa shape index (κ2) is 4.42. The summed E-state index contributed by atoms with van der Waals surface area (Å²) >= 11 is 0. The molecule has 1 fully saturated rings. The van der Waals surface area contributed by atoms with Crippen LogP contribution in [0.25, 0.3) is 0 Å². The number of hydrogen-bond acceptors (Lipinski definition) is 3. The lowest BCUT2D eigenvalue weighted by molar-refractivity contribution is 0.00578. The van der Waals surface area contributed by atoms with E-state index < -0.39 is 30.3 Å². The van der Waals surface area contributed by atoms with Gasteiger partial charge in [-0.1, -0.05) is 0 Å². The van der Waals surface area contributed by atoms with Gasteiger partial charge in [0, 0.05) is 17.2 Å². The summed E-state index contributed by atoms with van der Waals surface area (Å²) in [6.07, 6.45) is -1.65. The molecule has 0 radical (unpaired) electrons. The fourth-order valence-corrected chi connectivity index (χ4v) is 1.79. The molecule has 4 nitrogen and oxygen atoms in total. The van der Waals surface area contributed by atoms with Crippen molar-refractivity contribution in [2.75, 3.05) is 0 Å². The first-order valence-electron chi connectivity index (χ1n) is 6.00. The molecule has 0 atom stereocenters. The van der Waals surface area contributed by atoms with E-state index in [4.69, 9.17) is 9.31 Å². The van der Waals surface area contributed by atoms with Gasteiger partial charge < -0.3 is 14.3 Å². The Kier molecular flexibility index (Phi) is 3.30. The fraction of sp³-hybridized carbons (Fsp3) is 0.583. The third-order valence-corrected chi connectivity index (χ3v) is 3.71. The van der Waals surface area contributed by atoms with E-state index in [0.29, 0.717) is 0 Å². The third kappa shape index (κ3) is 2.44. The van der Waals surface area contributed by atoms with E-state index in [-0.39, 0.29) is 11.0 Å². The number of aromatic amines is 1. The van der Waals surface area contributed by atoms with Crippen LogP contribution in [-0.2, 0) is 9.31 Å². The first-order chi connectivity index (χ1) is 8.64. The summed E-state index contributed by atoms with van der Waals surface area (Å²) in [5.74, 6) is 0. The molecular weight excluding hydrogens is 255 g/mol. The molecule has 0 saturated carbocycles. The summed E-state index contributed by atoms with van der Waals surface area (Å²) < 4.78 is 36.7. The highest BCUT2D eigenvalue weighted by Crippen LogP contribution is 2.36. The molecule has 0 amide bonds. The highest BCUT2D eigenvalue weighted by atomic mass is 19.3. The van der Waals surface area contributed by atoms with Gasteiger partial charge >= 0.3 is 7.12 Å². The van der Waals surface area contributed by atoms with Crippen LogP contribution in [0.2, 0.25) is 0 Å². The van der Waals surface area contributed by atoms with Gasteiger partial charge in [-0.15, -0.1) is 0 Å². The van der Waals surface area contributed by atoms with Crippen molar-refractivity contribution in [1.29, 1.82) is 0 Å². The molecule has 7 heteroatoms. The predicted molar refractivity (Wildman–Crippen MR) is 67.7 cm³/mol. The van der Waals surface area contributed by atoms with Gasteiger partial charge in [0.15, 0.2) is 0 Å². The zero-order valence-electron chi connectivity index (χ0n) is 11.3. The molecule has 0 unspecified atom stereocenters. The Hall–Kier alpha value is -1.21. The van der Waals surface area contributed by atoms with Gasteiger partial charge in [0.1, 0.15) is 0 Å². The van der Waals surface area contributed by atoms with Crippen LogP contribution in [0.3, 0.4) is 0 Å². The molecule has 1 saturated heterocycles. The van der Waals surface area contributed by atoms with Crippen molar-refractivity contribution in [2.24, 2.45) is 0 Å². The molecule has 1 aliphatic heterocycles. The highest BCUT2D eigenvalue weighted by Gasteiger charge is 2.52. The standard InChI is InChI=1S/C12H16BF2NO3/c1-11(2)12(3,4)19-13(18-11)8-5-7(9(14)15)6-16-10(8)17/h5-6,9H,1-4H3,(H,16,17). The molecule has 1 N–H and O–H groups in total. The minimum Gasteiger partial charge on any atom is -0.399 e. The normalized spacial score (nSPS) is 21.1. The number of hydrogen-bond donors (Lipinski definition) is 1. The molecule has 2 rings (SSSR count). The lowest BCUT2D eigenvalue weighted by atomic mass is 9.79. The van der Waals surface area contributed by atoms with Crippen LogP contribution in [-0.4, -0.2) is 23.3 Å². The van der Waals surface area contributed by atoms with Crippen molar-refractivity contribution in [3.8, 4) is 0 Å². The summed E-state index contributed by atoms with van der Waals surface area (Å²) in [4.78, 5) is 14.0. The number of H-pyrrole nitrogens is 1. The van der Waals surface area contributed by atoms with Crippen LogP contribution in [0.4, 0.5) is 8.78 Å². The summed E-state index contributed by atoms with van der Waals surface area (Å²) in [6, 6.07) is 1.13. The molecule has 104 valence electrons. The lowest BCUT2D eigenvalue weighted by Crippen LogP contribution is -2.45. The number of halogens is 2. The van der Waals surface area contributed by atoms with Gasteiger partial charge in [-0.05, 0) is 33.8 Å². The zero-order valence-corrected chi connectivity index (χ0v) is 11.3. The highest BCUT2D eigenvalue weighted by molar-refractivity contribution is 6.61. The van der Waals surface area contributed by atoms with Crippen molar-refractivity contribution in [3.05, 3.63) is 28.2 Å². The third-order valence-electron chi connectivity index (χ3n) is 3.71. The summed E-state index contributed by atoms with van der Waals surface area (Å²) in [5, 5.41) is 0. The largest absolute Gasteiger partial charge is 0.500 e. The van der Waals surface area contributed by atoms with E-state index in [1.807, 2.05) is 27.7 Å². The Morgan fingerprint density at radius 3 is 2.21 bits per heavy atom. The summed E-state index contributed by atoms with van der Waals surface area (Å²) in [5.41, 5.74) is -1.92. The molecule has 1 aromatic rings. The van der Waals surface area contributed by atoms with Crippen LogP contribution in [0.1, 0.15) is 39.7 Å². The maximum absolute atomic E-state index is 12.7. The monoisotopic (exact) mass is 271 g/mol. The summed E-state index contributed by atoms with van der Waals surface area (Å²) in [7, 11) is -0.938. The smallest absolute Gasteiger partial charge is 0.399 e. The van der Waals surface area contributed by atoms with Gasteiger partial charge in [0.2, 0.25) is 5.56 Å². The summed E-state index contributed by atoms with van der Waals surface area (Å²) in [6.45, 7) is 7.33. The Morgan fingerprint density at radius 1 is 1.21 bits per heavy atom. The number of pyridine rings is 1. The van der Waals surface area contributed by atoms with E-state index in [9.17, 15) is 13.6 Å². The molecule has 1 aromatic heterocycles. The first-order valence-corrected chi connectivity index (χ1v) is 6.00. The molecule has 2 heterocycles. The quantitative estimate of drug-likeness (QED) is 0.831. The number of rotatable bonds is 2. The first kappa shape index (κ1) is 14.2. The maximum atomic E-state index is 12.7. The van der Waals surface area contributed by atoms with Crippen molar-refractivity contribution < 1.29 is 18.1 Å². The molecule has 0 aromatic carbocycles. The van der Waals surface area contributed by atoms with Gasteiger partial charge in [-0.3, -0.25) is 4.79 Å². The Morgan fingerprint density at radius 2 is 1.74 bits per heavy atom. The number of alkyl halides is 2. The minimum atomic E-state index is -2.65.